The summed E-state index contributed by atoms with van der Waals surface area (Å²) in [5, 5.41) is 7.22. The van der Waals surface area contributed by atoms with Crippen molar-refractivity contribution >= 4 is 53.5 Å². The lowest BCUT2D eigenvalue weighted by Crippen LogP contribution is -2.40. The van der Waals surface area contributed by atoms with Crippen LogP contribution in [-0.2, 0) is 0 Å². The third kappa shape index (κ3) is 10.3. The van der Waals surface area contributed by atoms with E-state index in [2.05, 4.69) is 53.1 Å². The summed E-state index contributed by atoms with van der Waals surface area (Å²) in [7, 11) is 1.82. The lowest BCUT2D eigenvalue weighted by Gasteiger charge is -2.15. The Kier molecular flexibility index (Phi) is 13.5. The third-order valence-corrected chi connectivity index (χ3v) is 4.49. The van der Waals surface area contributed by atoms with Crippen LogP contribution >= 0.6 is 47.5 Å². The summed E-state index contributed by atoms with van der Waals surface area (Å²) < 4.78 is 0. The van der Waals surface area contributed by atoms with Gasteiger partial charge in [-0.15, -0.1) is 35.7 Å². The van der Waals surface area contributed by atoms with Crippen LogP contribution in [0.25, 0.3) is 0 Å². The van der Waals surface area contributed by atoms with E-state index in [1.807, 2.05) is 36.6 Å². The van der Waals surface area contributed by atoms with Gasteiger partial charge in [-0.3, -0.25) is 4.99 Å². The molecular weight excluding hydrogens is 413 g/mol. The van der Waals surface area contributed by atoms with Crippen LogP contribution in [0.2, 0.25) is 0 Å². The lowest BCUT2D eigenvalue weighted by atomic mass is 10.4. The van der Waals surface area contributed by atoms with Crippen molar-refractivity contribution in [1.29, 1.82) is 0 Å². The molecule has 1 aromatic rings. The molecule has 2 N–H and O–H groups in total. The zero-order chi connectivity index (χ0) is 14.6. The van der Waals surface area contributed by atoms with Crippen LogP contribution in [0.5, 0.6) is 0 Å². The molecule has 0 spiro atoms. The monoisotopic (exact) mass is 439 g/mol. The predicted octanol–water partition coefficient (Wildman–Crippen LogP) is 3.70. The van der Waals surface area contributed by atoms with E-state index in [4.69, 9.17) is 0 Å². The Hall–Kier alpha value is -0.0800. The summed E-state index contributed by atoms with van der Waals surface area (Å²) in [6, 6.07) is 10.5. The topological polar surface area (TPSA) is 36.4 Å². The first-order chi connectivity index (χ1) is 9.76. The van der Waals surface area contributed by atoms with Gasteiger partial charge in [0.05, 0.1) is 0 Å². The molecule has 0 aromatic heterocycles. The fourth-order valence-corrected chi connectivity index (χ4v) is 3.04. The van der Waals surface area contributed by atoms with Crippen molar-refractivity contribution in [3.8, 4) is 0 Å². The molecule has 0 aliphatic heterocycles. The molecule has 0 bridgehead atoms. The first kappa shape index (κ1) is 20.9. The molecule has 1 atom stereocenters. The zero-order valence-corrected chi connectivity index (χ0v) is 16.9. The van der Waals surface area contributed by atoms with Crippen LogP contribution in [0.4, 0.5) is 0 Å². The minimum Gasteiger partial charge on any atom is -0.356 e. The van der Waals surface area contributed by atoms with Crippen LogP contribution in [0.1, 0.15) is 13.3 Å². The van der Waals surface area contributed by atoms with E-state index in [-0.39, 0.29) is 24.0 Å². The molecule has 0 saturated heterocycles. The predicted molar refractivity (Wildman–Crippen MR) is 110 cm³/mol. The van der Waals surface area contributed by atoms with Gasteiger partial charge in [0.25, 0.3) is 0 Å². The van der Waals surface area contributed by atoms with Crippen molar-refractivity contribution < 1.29 is 0 Å². The van der Waals surface area contributed by atoms with E-state index in [1.54, 1.807) is 0 Å². The van der Waals surface area contributed by atoms with Crippen LogP contribution in [0.15, 0.2) is 40.2 Å². The summed E-state index contributed by atoms with van der Waals surface area (Å²) in [5.41, 5.74) is 0. The van der Waals surface area contributed by atoms with E-state index in [0.717, 1.165) is 25.5 Å². The van der Waals surface area contributed by atoms with Crippen LogP contribution in [0.3, 0.4) is 0 Å². The van der Waals surface area contributed by atoms with Crippen LogP contribution < -0.4 is 10.6 Å². The van der Waals surface area contributed by atoms with Gasteiger partial charge in [-0.2, -0.15) is 11.8 Å². The SMILES string of the molecule is CN=C(NCCCSC)NCC(C)Sc1ccccc1.I. The van der Waals surface area contributed by atoms with E-state index in [9.17, 15) is 0 Å². The summed E-state index contributed by atoms with van der Waals surface area (Å²) in [6.45, 7) is 4.11. The molecule has 0 heterocycles. The maximum absolute atomic E-state index is 4.24. The zero-order valence-electron chi connectivity index (χ0n) is 13.0. The number of guanidine groups is 1. The van der Waals surface area contributed by atoms with E-state index in [0.29, 0.717) is 5.25 Å². The summed E-state index contributed by atoms with van der Waals surface area (Å²) >= 11 is 3.76. The number of nitrogens with one attached hydrogen (secondary N) is 2. The third-order valence-electron chi connectivity index (χ3n) is 2.68. The average Bonchev–Trinajstić information content (AvgIpc) is 2.47. The highest BCUT2D eigenvalue weighted by Gasteiger charge is 2.05. The second-order valence-corrected chi connectivity index (χ2v) is 6.97. The van der Waals surface area contributed by atoms with E-state index in [1.165, 1.54) is 10.6 Å². The Morgan fingerprint density at radius 2 is 1.95 bits per heavy atom. The maximum Gasteiger partial charge on any atom is 0.191 e. The second kappa shape index (κ2) is 13.6. The van der Waals surface area contributed by atoms with Crippen molar-refractivity contribution in [2.45, 2.75) is 23.5 Å². The van der Waals surface area contributed by atoms with Crippen molar-refractivity contribution in [1.82, 2.24) is 10.6 Å². The highest BCUT2D eigenvalue weighted by Crippen LogP contribution is 2.21. The molecule has 6 heteroatoms. The number of benzene rings is 1. The Morgan fingerprint density at radius 3 is 2.57 bits per heavy atom. The van der Waals surface area contributed by atoms with E-state index < -0.39 is 0 Å². The molecule has 0 saturated carbocycles. The maximum atomic E-state index is 4.24. The normalized spacial score (nSPS) is 12.4. The number of nitrogens with zero attached hydrogens (tertiary/aromatic N) is 1. The summed E-state index contributed by atoms with van der Waals surface area (Å²) in [6.07, 6.45) is 3.30. The molecule has 1 unspecified atom stereocenters. The number of aliphatic imine (C=N–C) groups is 1. The molecule has 0 aliphatic carbocycles. The highest BCUT2D eigenvalue weighted by atomic mass is 127. The van der Waals surface area contributed by atoms with Crippen LogP contribution in [0, 0.1) is 0 Å². The molecular formula is C15H26IN3S2. The molecule has 120 valence electrons. The summed E-state index contributed by atoms with van der Waals surface area (Å²) in [5.74, 6) is 2.08. The van der Waals surface area contributed by atoms with Gasteiger partial charge in [0.2, 0.25) is 0 Å². The molecule has 0 amide bonds. The van der Waals surface area contributed by atoms with Gasteiger partial charge in [0, 0.05) is 30.3 Å². The van der Waals surface area contributed by atoms with Gasteiger partial charge in [-0.1, -0.05) is 25.1 Å². The molecule has 0 fully saturated rings. The smallest absolute Gasteiger partial charge is 0.191 e. The average molecular weight is 439 g/mol. The number of hydrogen-bond donors (Lipinski definition) is 2. The van der Waals surface area contributed by atoms with Crippen LogP contribution in [-0.4, -0.2) is 43.4 Å². The Morgan fingerprint density at radius 1 is 1.24 bits per heavy atom. The van der Waals surface area contributed by atoms with Gasteiger partial charge >= 0.3 is 0 Å². The lowest BCUT2D eigenvalue weighted by molar-refractivity contribution is 0.774. The first-order valence-corrected chi connectivity index (χ1v) is 9.18. The van der Waals surface area contributed by atoms with Gasteiger partial charge < -0.3 is 10.6 Å². The molecule has 1 aromatic carbocycles. The van der Waals surface area contributed by atoms with E-state index >= 15 is 0 Å². The van der Waals surface area contributed by atoms with Gasteiger partial charge in [0.1, 0.15) is 0 Å². The molecule has 1 rings (SSSR count). The summed E-state index contributed by atoms with van der Waals surface area (Å²) in [4.78, 5) is 5.55. The number of thioether (sulfide) groups is 2. The number of halogens is 1. The first-order valence-electron chi connectivity index (χ1n) is 6.91. The van der Waals surface area contributed by atoms with Gasteiger partial charge in [-0.05, 0) is 30.6 Å². The molecule has 21 heavy (non-hydrogen) atoms. The largest absolute Gasteiger partial charge is 0.356 e. The van der Waals surface area contributed by atoms with Crippen molar-refractivity contribution in [2.75, 3.05) is 32.1 Å². The fourth-order valence-electron chi connectivity index (χ4n) is 1.66. The Labute approximate surface area is 154 Å². The quantitative estimate of drug-likeness (QED) is 0.213. The fraction of sp³-hybridized carbons (Fsp3) is 0.533. The minimum atomic E-state index is 0. The number of rotatable bonds is 8. The van der Waals surface area contributed by atoms with Crippen molar-refractivity contribution in [3.05, 3.63) is 30.3 Å². The minimum absolute atomic E-state index is 0. The standard InChI is InChI=1S/C15H25N3S2.HI/c1-13(20-14-8-5-4-6-9-14)12-18-15(16-2)17-10-7-11-19-3;/h4-6,8-9,13H,7,10-12H2,1-3H3,(H2,16,17,18);1H. The van der Waals surface area contributed by atoms with Gasteiger partial charge in [0.15, 0.2) is 5.96 Å². The Bertz CT molecular complexity index is 388. The molecule has 0 aliphatic rings. The Balaban J connectivity index is 0.00000400. The molecule has 0 radical (unpaired) electrons. The number of hydrogen-bond acceptors (Lipinski definition) is 3. The highest BCUT2D eigenvalue weighted by molar-refractivity contribution is 14.0. The van der Waals surface area contributed by atoms with Crippen molar-refractivity contribution in [2.24, 2.45) is 4.99 Å². The molecule has 3 nitrogen and oxygen atoms in total. The van der Waals surface area contributed by atoms with Gasteiger partial charge in [-0.25, -0.2) is 0 Å². The second-order valence-electron chi connectivity index (χ2n) is 4.47. The van der Waals surface area contributed by atoms with Crippen molar-refractivity contribution in [3.63, 3.8) is 0 Å².